The minimum absolute atomic E-state index is 0.757. The molecule has 2 aliphatic carbocycles. The third-order valence-corrected chi connectivity index (χ3v) is 6.35. The number of H-pyrrole nitrogens is 2. The summed E-state index contributed by atoms with van der Waals surface area (Å²) >= 11 is 0. The second-order valence-electron chi connectivity index (χ2n) is 8.58. The number of rotatable bonds is 6. The van der Waals surface area contributed by atoms with Gasteiger partial charge in [-0.2, -0.15) is 0 Å². The normalized spacial score (nSPS) is 11.9. The lowest BCUT2D eigenvalue weighted by atomic mass is 10.1. The summed E-state index contributed by atoms with van der Waals surface area (Å²) in [5.41, 5.74) is 12.2. The fourth-order valence-electron chi connectivity index (χ4n) is 4.39. The minimum atomic E-state index is 0.757. The first-order valence-electron chi connectivity index (χ1n) is 11.7. The van der Waals surface area contributed by atoms with Crippen LogP contribution in [0.4, 0.5) is 0 Å². The van der Waals surface area contributed by atoms with Crippen molar-refractivity contribution in [2.45, 2.75) is 0 Å². The summed E-state index contributed by atoms with van der Waals surface area (Å²) in [5.74, 6) is 0. The molecule has 0 radical (unpaired) electrons. The second-order valence-corrected chi connectivity index (χ2v) is 8.58. The first-order chi connectivity index (χ1) is 17.7. The molecule has 36 heavy (non-hydrogen) atoms. The standard InChI is InChI=1S/C31H23N5/c1-3-20-15-24-7-5-22(30(24)33-17-20)9-11-26-12-13-27-28(35-36-29(27)19-32-26)14-10-23-6-8-25-16-21(4-2)18-34-31(23)25/h3-19,33-34H,1-2H2/b11-9+,14-10+. The molecule has 6 aliphatic rings. The first-order valence-corrected chi connectivity index (χ1v) is 11.7. The number of hydrogen-bond acceptors (Lipinski definition) is 3. The largest absolute Gasteiger partial charge is 0.360 e. The van der Waals surface area contributed by atoms with Crippen LogP contribution in [0.15, 0.2) is 80.3 Å². The molecule has 172 valence electrons. The zero-order valence-corrected chi connectivity index (χ0v) is 19.6. The zero-order chi connectivity index (χ0) is 24.5. The lowest BCUT2D eigenvalue weighted by Crippen LogP contribution is -1.84. The Morgan fingerprint density at radius 2 is 1.31 bits per heavy atom. The van der Waals surface area contributed by atoms with Crippen molar-refractivity contribution in [2.24, 2.45) is 0 Å². The summed E-state index contributed by atoms with van der Waals surface area (Å²) in [5, 5.41) is 8.70. The molecule has 0 aromatic heterocycles. The van der Waals surface area contributed by atoms with Crippen molar-refractivity contribution in [3.63, 3.8) is 0 Å². The van der Waals surface area contributed by atoms with Crippen LogP contribution < -0.4 is 0 Å². The van der Waals surface area contributed by atoms with Crippen molar-refractivity contribution in [2.75, 3.05) is 0 Å². The van der Waals surface area contributed by atoms with Crippen molar-refractivity contribution < 1.29 is 0 Å². The van der Waals surface area contributed by atoms with Crippen molar-refractivity contribution in [3.05, 3.63) is 114 Å². The zero-order valence-electron chi connectivity index (χ0n) is 19.6. The van der Waals surface area contributed by atoms with Crippen LogP contribution in [0.2, 0.25) is 0 Å². The van der Waals surface area contributed by atoms with Gasteiger partial charge in [-0.15, -0.1) is 10.2 Å². The van der Waals surface area contributed by atoms with Gasteiger partial charge in [-0.1, -0.05) is 61.7 Å². The lowest BCUT2D eigenvalue weighted by Gasteiger charge is -2.03. The van der Waals surface area contributed by atoms with E-state index in [2.05, 4.69) is 86.9 Å². The lowest BCUT2D eigenvalue weighted by molar-refractivity contribution is 1.08. The molecule has 5 heteroatoms. The van der Waals surface area contributed by atoms with Gasteiger partial charge >= 0.3 is 0 Å². The Morgan fingerprint density at radius 3 is 1.94 bits per heavy atom. The molecule has 0 fully saturated rings. The van der Waals surface area contributed by atoms with Crippen LogP contribution in [0, 0.1) is 0 Å². The molecule has 0 bridgehead atoms. The highest BCUT2D eigenvalue weighted by Gasteiger charge is 2.12. The van der Waals surface area contributed by atoms with Gasteiger partial charge in [-0.05, 0) is 69.8 Å². The molecule has 0 aromatic rings. The topological polar surface area (TPSA) is 70.2 Å². The van der Waals surface area contributed by atoms with Gasteiger partial charge in [0.05, 0.1) is 29.0 Å². The van der Waals surface area contributed by atoms with Gasteiger partial charge in [0, 0.05) is 18.0 Å². The maximum Gasteiger partial charge on any atom is 0.113 e. The van der Waals surface area contributed by atoms with Crippen LogP contribution in [0.1, 0.15) is 33.6 Å². The Bertz CT molecular complexity index is 1680. The average Bonchev–Trinajstić information content (AvgIpc) is 3.59. The number of aromatic amines is 2. The molecule has 0 atom stereocenters. The van der Waals surface area contributed by atoms with Crippen LogP contribution in [0.25, 0.3) is 70.2 Å². The Kier molecular flexibility index (Phi) is 5.35. The number of hydrogen-bond donors (Lipinski definition) is 2. The first kappa shape index (κ1) is 21.5. The number of pyridine rings is 2. The van der Waals surface area contributed by atoms with E-state index in [9.17, 15) is 0 Å². The van der Waals surface area contributed by atoms with Crippen LogP contribution in [-0.2, 0) is 0 Å². The van der Waals surface area contributed by atoms with E-state index < -0.39 is 0 Å². The van der Waals surface area contributed by atoms with E-state index in [1.54, 1.807) is 6.20 Å². The molecule has 5 nitrogen and oxygen atoms in total. The minimum Gasteiger partial charge on any atom is -0.360 e. The molecule has 0 unspecified atom stereocenters. The van der Waals surface area contributed by atoms with Crippen molar-refractivity contribution in [3.8, 4) is 33.8 Å². The van der Waals surface area contributed by atoms with Gasteiger partial charge in [-0.25, -0.2) is 0 Å². The summed E-state index contributed by atoms with van der Waals surface area (Å²) in [7, 11) is 0. The molecule has 0 amide bonds. The Labute approximate surface area is 209 Å². The van der Waals surface area contributed by atoms with Crippen molar-refractivity contribution in [1.29, 1.82) is 0 Å². The smallest absolute Gasteiger partial charge is 0.113 e. The highest BCUT2D eigenvalue weighted by atomic mass is 15.1. The van der Waals surface area contributed by atoms with E-state index >= 15 is 0 Å². The van der Waals surface area contributed by atoms with Crippen LogP contribution >= 0.6 is 0 Å². The number of fused-ring (bicyclic) bond motifs is 3. The van der Waals surface area contributed by atoms with E-state index in [4.69, 9.17) is 0 Å². The fourth-order valence-corrected chi connectivity index (χ4v) is 4.39. The third-order valence-electron chi connectivity index (χ3n) is 6.35. The molecule has 0 aromatic carbocycles. The molecule has 0 saturated carbocycles. The highest BCUT2D eigenvalue weighted by molar-refractivity contribution is 5.85. The Hall–Kier alpha value is -5.03. The summed E-state index contributed by atoms with van der Waals surface area (Å²) < 4.78 is 0. The third kappa shape index (κ3) is 3.93. The second kappa shape index (κ2) is 8.96. The average molecular weight is 466 g/mol. The molecular weight excluding hydrogens is 442 g/mol. The number of nitrogens with zero attached hydrogens (tertiary/aromatic N) is 3. The van der Waals surface area contributed by atoms with E-state index in [-0.39, 0.29) is 0 Å². The van der Waals surface area contributed by atoms with Gasteiger partial charge in [-0.3, -0.25) is 4.98 Å². The van der Waals surface area contributed by atoms with Crippen molar-refractivity contribution in [1.82, 2.24) is 25.1 Å². The number of nitrogens with one attached hydrogen (secondary N) is 2. The van der Waals surface area contributed by atoms with Crippen LogP contribution in [-0.4, -0.2) is 25.1 Å². The molecule has 6 rings (SSSR count). The van der Waals surface area contributed by atoms with E-state index in [0.29, 0.717) is 0 Å². The van der Waals surface area contributed by atoms with Gasteiger partial charge in [0.2, 0.25) is 0 Å². The quantitative estimate of drug-likeness (QED) is 0.268. The van der Waals surface area contributed by atoms with Crippen LogP contribution in [0.5, 0.6) is 0 Å². The predicted octanol–water partition coefficient (Wildman–Crippen LogP) is 7.47. The Balaban J connectivity index is 1.26. The van der Waals surface area contributed by atoms with Gasteiger partial charge in [0.1, 0.15) is 5.69 Å². The van der Waals surface area contributed by atoms with E-state index in [1.807, 2.05) is 48.8 Å². The summed E-state index contributed by atoms with van der Waals surface area (Å²) in [6.45, 7) is 7.67. The maximum atomic E-state index is 4.61. The molecule has 0 saturated heterocycles. The van der Waals surface area contributed by atoms with Crippen LogP contribution in [0.3, 0.4) is 0 Å². The monoisotopic (exact) mass is 465 g/mol. The molecular formula is C31H23N5. The fraction of sp³-hybridized carbons (Fsp3) is 0. The van der Waals surface area contributed by atoms with Gasteiger partial charge < -0.3 is 9.97 Å². The highest BCUT2D eigenvalue weighted by Crippen LogP contribution is 2.30. The van der Waals surface area contributed by atoms with Gasteiger partial charge in [0.25, 0.3) is 0 Å². The van der Waals surface area contributed by atoms with E-state index in [0.717, 1.165) is 67.4 Å². The maximum absolute atomic E-state index is 4.61. The summed E-state index contributed by atoms with van der Waals surface area (Å²) in [6, 6.07) is 16.6. The Morgan fingerprint density at radius 1 is 0.667 bits per heavy atom. The summed E-state index contributed by atoms with van der Waals surface area (Å²) in [6.07, 6.45) is 17.5. The molecule has 2 N–H and O–H groups in total. The van der Waals surface area contributed by atoms with Gasteiger partial charge in [0.15, 0.2) is 0 Å². The number of aromatic nitrogens is 5. The summed E-state index contributed by atoms with van der Waals surface area (Å²) in [4.78, 5) is 11.3. The SMILES string of the molecule is C=Cc1c[nH]c2c(/C=C/c3ccc4c(/C=C/c5ccc6cc(C=C)c[nH]c5-6)nnc-4cn3)ccc-2c1. The molecule has 4 heterocycles. The van der Waals surface area contributed by atoms with E-state index in [1.165, 1.54) is 0 Å². The molecule has 4 aliphatic heterocycles. The predicted molar refractivity (Wildman–Crippen MR) is 149 cm³/mol. The van der Waals surface area contributed by atoms with Crippen molar-refractivity contribution >= 4 is 36.5 Å². The molecule has 0 spiro atoms.